The quantitative estimate of drug-likeness (QED) is 0.475. The van der Waals surface area contributed by atoms with Gasteiger partial charge in [0.25, 0.3) is 0 Å². The van der Waals surface area contributed by atoms with Gasteiger partial charge in [0.05, 0.1) is 18.1 Å². The van der Waals surface area contributed by atoms with Crippen molar-refractivity contribution in [3.8, 4) is 22.6 Å². The van der Waals surface area contributed by atoms with E-state index < -0.39 is 11.1 Å². The van der Waals surface area contributed by atoms with E-state index in [9.17, 15) is 10.0 Å². The highest BCUT2D eigenvalue weighted by molar-refractivity contribution is 5.74. The van der Waals surface area contributed by atoms with E-state index in [1.54, 1.807) is 0 Å². The summed E-state index contributed by atoms with van der Waals surface area (Å²) in [5.41, 5.74) is 1.05. The van der Waals surface area contributed by atoms with Gasteiger partial charge in [-0.15, -0.1) is 0 Å². The number of rotatable bonds is 8. The number of benzene rings is 2. The van der Waals surface area contributed by atoms with Gasteiger partial charge in [-0.25, -0.2) is 0 Å². The normalized spacial score (nSPS) is 19.7. The zero-order valence-corrected chi connectivity index (χ0v) is 19.1. The average molecular weight is 428 g/mol. The lowest BCUT2D eigenvalue weighted by Crippen LogP contribution is -2.48. The minimum Gasteiger partial charge on any atom is -0.494 e. The van der Waals surface area contributed by atoms with E-state index in [1.807, 2.05) is 83.1 Å². The molecule has 0 aromatic heterocycles. The molecular formula is C25H33NO5. The van der Waals surface area contributed by atoms with Crippen LogP contribution in [0.3, 0.4) is 0 Å². The first kappa shape index (κ1) is 23.1. The molecule has 1 aliphatic rings. The van der Waals surface area contributed by atoms with Crippen LogP contribution < -0.4 is 9.47 Å². The summed E-state index contributed by atoms with van der Waals surface area (Å²) in [5.74, 6) is 0.886. The Labute approximate surface area is 184 Å². The van der Waals surface area contributed by atoms with Crippen LogP contribution in [0.5, 0.6) is 11.5 Å². The van der Waals surface area contributed by atoms with Crippen molar-refractivity contribution in [2.45, 2.75) is 52.1 Å². The number of hydrogen-bond acceptors (Lipinski definition) is 6. The number of carbonyl (C=O) groups is 1. The Hall–Kier alpha value is -2.57. The molecule has 1 aliphatic heterocycles. The molecule has 6 heteroatoms. The molecule has 1 atom stereocenters. The molecule has 1 unspecified atom stereocenters. The minimum atomic E-state index is -0.669. The van der Waals surface area contributed by atoms with Crippen LogP contribution in [0, 0.1) is 5.92 Å². The minimum absolute atomic E-state index is 0.165. The molecule has 31 heavy (non-hydrogen) atoms. The summed E-state index contributed by atoms with van der Waals surface area (Å²) in [6.07, 6.45) is 0.545. The maximum absolute atomic E-state index is 12.5. The van der Waals surface area contributed by atoms with E-state index in [0.717, 1.165) is 22.6 Å². The average Bonchev–Trinajstić information content (AvgIpc) is 2.91. The number of ether oxygens (including phenoxy) is 3. The Morgan fingerprint density at radius 2 is 1.45 bits per heavy atom. The molecule has 0 amide bonds. The van der Waals surface area contributed by atoms with Crippen molar-refractivity contribution in [1.29, 1.82) is 0 Å². The van der Waals surface area contributed by atoms with Crippen LogP contribution >= 0.6 is 0 Å². The monoisotopic (exact) mass is 427 g/mol. The highest BCUT2D eigenvalue weighted by Crippen LogP contribution is 2.43. The number of hydroxylamine groups is 2. The van der Waals surface area contributed by atoms with E-state index in [0.29, 0.717) is 13.0 Å². The van der Waals surface area contributed by atoms with Gasteiger partial charge in [-0.1, -0.05) is 24.3 Å². The molecule has 0 bridgehead atoms. The van der Waals surface area contributed by atoms with Gasteiger partial charge in [0.15, 0.2) is 0 Å². The van der Waals surface area contributed by atoms with Gasteiger partial charge in [-0.2, -0.15) is 5.06 Å². The Morgan fingerprint density at radius 1 is 0.935 bits per heavy atom. The lowest BCUT2D eigenvalue weighted by Gasteiger charge is -2.35. The lowest BCUT2D eigenvalue weighted by atomic mass is 9.87. The molecule has 2 aromatic carbocycles. The third kappa shape index (κ3) is 5.20. The SMILES string of the molecule is CCOc1ccc(-c2ccc(OCCOC(=O)C3CC(C)(C)N(O)C3(C)C)cc2)cc1. The first-order valence-electron chi connectivity index (χ1n) is 10.8. The summed E-state index contributed by atoms with van der Waals surface area (Å²) in [6.45, 7) is 10.6. The van der Waals surface area contributed by atoms with E-state index in [4.69, 9.17) is 14.2 Å². The molecule has 0 spiro atoms. The topological polar surface area (TPSA) is 68.2 Å². The zero-order valence-electron chi connectivity index (χ0n) is 19.1. The largest absolute Gasteiger partial charge is 0.494 e. The third-order valence-electron chi connectivity index (χ3n) is 5.91. The van der Waals surface area contributed by atoms with Gasteiger partial charge in [0.2, 0.25) is 0 Å². The highest BCUT2D eigenvalue weighted by Gasteiger charge is 2.54. The lowest BCUT2D eigenvalue weighted by molar-refractivity contribution is -0.200. The predicted octanol–water partition coefficient (Wildman–Crippen LogP) is 4.94. The molecule has 0 aliphatic carbocycles. The highest BCUT2D eigenvalue weighted by atomic mass is 16.6. The van der Waals surface area contributed by atoms with E-state index in [1.165, 1.54) is 5.06 Å². The Balaban J connectivity index is 1.47. The molecule has 1 fully saturated rings. The Kier molecular flexibility index (Phi) is 6.92. The van der Waals surface area contributed by atoms with Gasteiger partial charge in [0, 0.05) is 5.54 Å². The van der Waals surface area contributed by atoms with Crippen molar-refractivity contribution in [1.82, 2.24) is 5.06 Å². The van der Waals surface area contributed by atoms with Gasteiger partial charge in [0.1, 0.15) is 24.7 Å². The standard InChI is InChI=1S/C25H33NO5/c1-6-29-20-11-7-18(8-12-20)19-9-13-21(14-10-19)30-15-16-31-23(27)22-17-24(2,3)26(28)25(22,4)5/h7-14,22,28H,6,15-17H2,1-5H3. The maximum atomic E-state index is 12.5. The van der Waals surface area contributed by atoms with Crippen molar-refractivity contribution in [3.63, 3.8) is 0 Å². The van der Waals surface area contributed by atoms with Gasteiger partial charge in [-0.05, 0) is 76.4 Å². The zero-order chi connectivity index (χ0) is 22.6. The molecule has 1 heterocycles. The fourth-order valence-corrected chi connectivity index (χ4v) is 4.19. The van der Waals surface area contributed by atoms with E-state index in [2.05, 4.69) is 0 Å². The van der Waals surface area contributed by atoms with Crippen molar-refractivity contribution in [3.05, 3.63) is 48.5 Å². The fourth-order valence-electron chi connectivity index (χ4n) is 4.19. The first-order chi connectivity index (χ1) is 14.6. The Bertz CT molecular complexity index is 874. The van der Waals surface area contributed by atoms with Crippen LogP contribution in [-0.2, 0) is 9.53 Å². The summed E-state index contributed by atoms with van der Waals surface area (Å²) < 4.78 is 16.6. The van der Waals surface area contributed by atoms with Crippen LogP contribution in [-0.4, -0.2) is 47.1 Å². The maximum Gasteiger partial charge on any atom is 0.311 e. The van der Waals surface area contributed by atoms with Crippen LogP contribution in [0.25, 0.3) is 11.1 Å². The molecule has 3 rings (SSSR count). The summed E-state index contributed by atoms with van der Waals surface area (Å²) in [6, 6.07) is 15.8. The number of hydrogen-bond donors (Lipinski definition) is 1. The summed E-state index contributed by atoms with van der Waals surface area (Å²) in [4.78, 5) is 12.5. The molecule has 6 nitrogen and oxygen atoms in total. The van der Waals surface area contributed by atoms with Crippen LogP contribution in [0.2, 0.25) is 0 Å². The van der Waals surface area contributed by atoms with Crippen LogP contribution in [0.1, 0.15) is 41.0 Å². The number of nitrogens with zero attached hydrogens (tertiary/aromatic N) is 1. The first-order valence-corrected chi connectivity index (χ1v) is 10.8. The third-order valence-corrected chi connectivity index (χ3v) is 5.91. The molecule has 2 aromatic rings. The van der Waals surface area contributed by atoms with Crippen LogP contribution in [0.4, 0.5) is 0 Å². The van der Waals surface area contributed by atoms with Crippen molar-refractivity contribution in [2.24, 2.45) is 5.92 Å². The fraction of sp³-hybridized carbons (Fsp3) is 0.480. The van der Waals surface area contributed by atoms with E-state index in [-0.39, 0.29) is 25.1 Å². The summed E-state index contributed by atoms with van der Waals surface area (Å²) in [5, 5.41) is 11.6. The molecule has 1 N–H and O–H groups in total. The smallest absolute Gasteiger partial charge is 0.311 e. The second-order valence-corrected chi connectivity index (χ2v) is 9.03. The van der Waals surface area contributed by atoms with Crippen molar-refractivity contribution in [2.75, 3.05) is 19.8 Å². The molecular weight excluding hydrogens is 394 g/mol. The van der Waals surface area contributed by atoms with Crippen molar-refractivity contribution >= 4 is 5.97 Å². The van der Waals surface area contributed by atoms with Crippen molar-refractivity contribution < 1.29 is 24.2 Å². The molecule has 0 radical (unpaired) electrons. The molecule has 0 saturated carbocycles. The second-order valence-electron chi connectivity index (χ2n) is 9.03. The van der Waals surface area contributed by atoms with Crippen LogP contribution in [0.15, 0.2) is 48.5 Å². The summed E-state index contributed by atoms with van der Waals surface area (Å²) >= 11 is 0. The number of esters is 1. The number of carbonyl (C=O) groups excluding carboxylic acids is 1. The Morgan fingerprint density at radius 3 is 1.90 bits per heavy atom. The van der Waals surface area contributed by atoms with E-state index >= 15 is 0 Å². The predicted molar refractivity (Wildman–Crippen MR) is 119 cm³/mol. The molecule has 1 saturated heterocycles. The summed E-state index contributed by atoms with van der Waals surface area (Å²) in [7, 11) is 0. The van der Waals surface area contributed by atoms with Gasteiger partial charge < -0.3 is 19.4 Å². The molecule has 168 valence electrons. The second kappa shape index (κ2) is 9.28. The van der Waals surface area contributed by atoms with Gasteiger partial charge in [-0.3, -0.25) is 4.79 Å². The van der Waals surface area contributed by atoms with Gasteiger partial charge >= 0.3 is 5.97 Å².